The molecule has 1 heterocycles. The fourth-order valence-electron chi connectivity index (χ4n) is 2.91. The molecule has 2 fully saturated rings. The van der Waals surface area contributed by atoms with Crippen LogP contribution < -0.4 is 0 Å². The average molecular weight is 189 g/mol. The van der Waals surface area contributed by atoms with Crippen molar-refractivity contribution >= 4 is 0 Å². The smallest absolute Gasteiger partial charge is 0.0956 e. The standard InChI is InChI=1S/C12H15NO/c14-9-13-7-11-6-12(11,8-13)10-4-2-1-3-5-10/h1-5,11,14H,6-9H2. The minimum Gasteiger partial charge on any atom is -0.381 e. The number of rotatable bonds is 2. The van der Waals surface area contributed by atoms with Crippen molar-refractivity contribution in [3.8, 4) is 0 Å². The van der Waals surface area contributed by atoms with E-state index in [0.717, 1.165) is 19.0 Å². The van der Waals surface area contributed by atoms with Gasteiger partial charge in [-0.05, 0) is 17.9 Å². The average Bonchev–Trinajstić information content (AvgIpc) is 2.83. The molecule has 0 amide bonds. The van der Waals surface area contributed by atoms with E-state index in [2.05, 4.69) is 35.2 Å². The lowest BCUT2D eigenvalue weighted by Gasteiger charge is -2.18. The van der Waals surface area contributed by atoms with Gasteiger partial charge in [0.25, 0.3) is 0 Å². The van der Waals surface area contributed by atoms with E-state index in [0.29, 0.717) is 5.41 Å². The number of hydrogen-bond acceptors (Lipinski definition) is 2. The second-order valence-corrected chi connectivity index (χ2v) is 4.58. The van der Waals surface area contributed by atoms with E-state index >= 15 is 0 Å². The van der Waals surface area contributed by atoms with Crippen molar-refractivity contribution in [1.82, 2.24) is 4.90 Å². The quantitative estimate of drug-likeness (QED) is 0.756. The number of aliphatic hydroxyl groups excluding tert-OH is 1. The molecular weight excluding hydrogens is 174 g/mol. The van der Waals surface area contributed by atoms with Crippen molar-refractivity contribution in [1.29, 1.82) is 0 Å². The van der Waals surface area contributed by atoms with Crippen molar-refractivity contribution < 1.29 is 5.11 Å². The predicted octanol–water partition coefficient (Wildman–Crippen LogP) is 1.21. The van der Waals surface area contributed by atoms with E-state index in [-0.39, 0.29) is 6.73 Å². The van der Waals surface area contributed by atoms with Gasteiger partial charge in [-0.1, -0.05) is 30.3 Å². The lowest BCUT2D eigenvalue weighted by Crippen LogP contribution is -2.27. The Morgan fingerprint density at radius 2 is 2.14 bits per heavy atom. The van der Waals surface area contributed by atoms with Gasteiger partial charge in [0, 0.05) is 18.5 Å². The van der Waals surface area contributed by atoms with E-state index in [1.165, 1.54) is 12.0 Å². The molecule has 1 saturated heterocycles. The molecule has 1 aliphatic carbocycles. The van der Waals surface area contributed by atoms with Crippen molar-refractivity contribution in [2.75, 3.05) is 19.8 Å². The lowest BCUT2D eigenvalue weighted by molar-refractivity contribution is 0.118. The van der Waals surface area contributed by atoms with Crippen molar-refractivity contribution in [2.45, 2.75) is 11.8 Å². The highest BCUT2D eigenvalue weighted by Crippen LogP contribution is 2.58. The Labute approximate surface area is 84.2 Å². The highest BCUT2D eigenvalue weighted by atomic mass is 16.3. The van der Waals surface area contributed by atoms with Crippen LogP contribution in [0.5, 0.6) is 0 Å². The Morgan fingerprint density at radius 3 is 2.79 bits per heavy atom. The topological polar surface area (TPSA) is 23.5 Å². The summed E-state index contributed by atoms with van der Waals surface area (Å²) in [6, 6.07) is 10.7. The zero-order chi connectivity index (χ0) is 9.60. The summed E-state index contributed by atoms with van der Waals surface area (Å²) in [4.78, 5) is 2.14. The minimum atomic E-state index is 0.213. The highest BCUT2D eigenvalue weighted by Gasteiger charge is 2.60. The van der Waals surface area contributed by atoms with Crippen LogP contribution in [0.15, 0.2) is 30.3 Å². The first kappa shape index (κ1) is 8.45. The van der Waals surface area contributed by atoms with E-state index in [1.54, 1.807) is 0 Å². The van der Waals surface area contributed by atoms with Crippen LogP contribution in [0.1, 0.15) is 12.0 Å². The van der Waals surface area contributed by atoms with Crippen LogP contribution in [-0.4, -0.2) is 29.8 Å². The summed E-state index contributed by atoms with van der Waals surface area (Å²) in [5.41, 5.74) is 1.85. The molecule has 0 spiro atoms. The molecule has 74 valence electrons. The number of likely N-dealkylation sites (tertiary alicyclic amines) is 1. The third kappa shape index (κ3) is 1.04. The van der Waals surface area contributed by atoms with Gasteiger partial charge in [0.1, 0.15) is 0 Å². The maximum atomic E-state index is 9.09. The Kier molecular flexibility index (Phi) is 1.70. The zero-order valence-corrected chi connectivity index (χ0v) is 8.19. The molecule has 0 radical (unpaired) electrons. The van der Waals surface area contributed by atoms with Gasteiger partial charge < -0.3 is 5.11 Å². The summed E-state index contributed by atoms with van der Waals surface area (Å²) in [6.45, 7) is 2.33. The first-order chi connectivity index (χ1) is 6.85. The fraction of sp³-hybridized carbons (Fsp3) is 0.500. The summed E-state index contributed by atoms with van der Waals surface area (Å²) >= 11 is 0. The molecule has 3 rings (SSSR count). The Balaban J connectivity index is 1.88. The van der Waals surface area contributed by atoms with Crippen LogP contribution in [0, 0.1) is 5.92 Å². The Bertz CT molecular complexity index is 337. The van der Waals surface area contributed by atoms with Crippen LogP contribution in [0.2, 0.25) is 0 Å². The highest BCUT2D eigenvalue weighted by molar-refractivity contribution is 5.36. The minimum absolute atomic E-state index is 0.213. The summed E-state index contributed by atoms with van der Waals surface area (Å²) < 4.78 is 0. The Hall–Kier alpha value is -0.860. The number of aliphatic hydroxyl groups is 1. The summed E-state index contributed by atoms with van der Waals surface area (Å²) in [6.07, 6.45) is 1.31. The molecule has 1 aromatic rings. The van der Waals surface area contributed by atoms with Gasteiger partial charge >= 0.3 is 0 Å². The number of nitrogens with zero attached hydrogens (tertiary/aromatic N) is 1. The summed E-state index contributed by atoms with van der Waals surface area (Å²) in [7, 11) is 0. The van der Waals surface area contributed by atoms with Gasteiger partial charge in [0.15, 0.2) is 0 Å². The normalized spacial score (nSPS) is 35.6. The first-order valence-electron chi connectivity index (χ1n) is 5.24. The lowest BCUT2D eigenvalue weighted by atomic mass is 9.95. The van der Waals surface area contributed by atoms with Gasteiger partial charge in [-0.25, -0.2) is 0 Å². The summed E-state index contributed by atoms with van der Waals surface area (Å²) in [5.74, 6) is 0.789. The van der Waals surface area contributed by atoms with E-state index in [1.807, 2.05) is 0 Å². The van der Waals surface area contributed by atoms with Crippen molar-refractivity contribution in [3.05, 3.63) is 35.9 Å². The summed E-state index contributed by atoms with van der Waals surface area (Å²) in [5, 5.41) is 9.09. The van der Waals surface area contributed by atoms with Gasteiger partial charge in [-0.2, -0.15) is 0 Å². The van der Waals surface area contributed by atoms with Crippen LogP contribution in [0.4, 0.5) is 0 Å². The molecule has 2 heteroatoms. The maximum Gasteiger partial charge on any atom is 0.0956 e. The molecule has 0 aromatic heterocycles. The SMILES string of the molecule is OCN1CC2CC2(c2ccccc2)C1. The molecule has 1 aliphatic heterocycles. The van der Waals surface area contributed by atoms with Crippen LogP contribution >= 0.6 is 0 Å². The molecule has 2 unspecified atom stereocenters. The van der Waals surface area contributed by atoms with E-state index < -0.39 is 0 Å². The van der Waals surface area contributed by atoms with Crippen molar-refractivity contribution in [2.24, 2.45) is 5.92 Å². The van der Waals surface area contributed by atoms with Gasteiger partial charge in [0.2, 0.25) is 0 Å². The van der Waals surface area contributed by atoms with Crippen molar-refractivity contribution in [3.63, 3.8) is 0 Å². The molecule has 1 N–H and O–H groups in total. The number of hydrogen-bond donors (Lipinski definition) is 1. The monoisotopic (exact) mass is 189 g/mol. The number of benzene rings is 1. The third-order valence-electron chi connectivity index (χ3n) is 3.77. The second-order valence-electron chi connectivity index (χ2n) is 4.58. The van der Waals surface area contributed by atoms with Gasteiger partial charge in [-0.3, -0.25) is 4.90 Å². The molecule has 14 heavy (non-hydrogen) atoms. The fourth-order valence-corrected chi connectivity index (χ4v) is 2.91. The van der Waals surface area contributed by atoms with E-state index in [9.17, 15) is 0 Å². The predicted molar refractivity (Wildman–Crippen MR) is 54.9 cm³/mol. The molecule has 1 aromatic carbocycles. The largest absolute Gasteiger partial charge is 0.381 e. The van der Waals surface area contributed by atoms with E-state index in [4.69, 9.17) is 5.11 Å². The zero-order valence-electron chi connectivity index (χ0n) is 8.19. The van der Waals surface area contributed by atoms with Crippen LogP contribution in [0.3, 0.4) is 0 Å². The van der Waals surface area contributed by atoms with Crippen LogP contribution in [0.25, 0.3) is 0 Å². The molecule has 2 nitrogen and oxygen atoms in total. The van der Waals surface area contributed by atoms with Crippen LogP contribution in [-0.2, 0) is 5.41 Å². The molecular formula is C12H15NO. The molecule has 2 atom stereocenters. The maximum absolute atomic E-state index is 9.09. The first-order valence-corrected chi connectivity index (χ1v) is 5.24. The molecule has 1 saturated carbocycles. The Morgan fingerprint density at radius 1 is 1.36 bits per heavy atom. The number of fused-ring (bicyclic) bond motifs is 1. The molecule has 0 bridgehead atoms. The van der Waals surface area contributed by atoms with Gasteiger partial charge in [-0.15, -0.1) is 0 Å². The number of piperidine rings is 1. The second kappa shape index (κ2) is 2.81. The van der Waals surface area contributed by atoms with Gasteiger partial charge in [0.05, 0.1) is 6.73 Å². The third-order valence-corrected chi connectivity index (χ3v) is 3.77. The molecule has 2 aliphatic rings.